The van der Waals surface area contributed by atoms with Crippen molar-refractivity contribution in [2.24, 2.45) is 11.8 Å². The zero-order valence-corrected chi connectivity index (χ0v) is 11.7. The Labute approximate surface area is 119 Å². The molecule has 1 aromatic carbocycles. The number of Topliss-reactive ketones (excluding diaryl/α,β-unsaturated/α-hetero) is 1. The SMILES string of the molecule is CCC(C(=O)[O-])C1CN(Cc2ccccc2)CCC1=O. The number of ketones is 1. The predicted molar refractivity (Wildman–Crippen MR) is 73.6 cm³/mol. The minimum absolute atomic E-state index is 0.0605. The number of piperidine rings is 1. The average Bonchev–Trinajstić information content (AvgIpc) is 2.44. The molecule has 0 aliphatic carbocycles. The number of carboxylic acids is 1. The third-order valence-electron chi connectivity index (χ3n) is 4.02. The Balaban J connectivity index is 2.04. The third-order valence-corrected chi connectivity index (χ3v) is 4.02. The van der Waals surface area contributed by atoms with E-state index < -0.39 is 17.8 Å². The molecule has 0 amide bonds. The summed E-state index contributed by atoms with van der Waals surface area (Å²) in [6.45, 7) is 3.77. The number of benzene rings is 1. The first-order valence-electron chi connectivity index (χ1n) is 7.11. The Morgan fingerprint density at radius 1 is 1.40 bits per heavy atom. The lowest BCUT2D eigenvalue weighted by Crippen LogP contribution is -2.48. The lowest BCUT2D eigenvalue weighted by Gasteiger charge is -2.36. The van der Waals surface area contributed by atoms with Crippen LogP contribution in [0.2, 0.25) is 0 Å². The van der Waals surface area contributed by atoms with Gasteiger partial charge in [0.25, 0.3) is 0 Å². The van der Waals surface area contributed by atoms with Crippen LogP contribution in [-0.4, -0.2) is 29.7 Å². The molecule has 2 rings (SSSR count). The van der Waals surface area contributed by atoms with Gasteiger partial charge in [-0.15, -0.1) is 0 Å². The van der Waals surface area contributed by atoms with Crippen molar-refractivity contribution in [2.45, 2.75) is 26.3 Å². The lowest BCUT2D eigenvalue weighted by molar-refractivity contribution is -0.313. The van der Waals surface area contributed by atoms with Crippen molar-refractivity contribution in [2.75, 3.05) is 13.1 Å². The van der Waals surface area contributed by atoms with Crippen molar-refractivity contribution in [3.63, 3.8) is 0 Å². The van der Waals surface area contributed by atoms with Gasteiger partial charge in [-0.25, -0.2) is 0 Å². The lowest BCUT2D eigenvalue weighted by atomic mass is 9.82. The summed E-state index contributed by atoms with van der Waals surface area (Å²) in [7, 11) is 0. The van der Waals surface area contributed by atoms with E-state index in [1.54, 1.807) is 6.92 Å². The molecule has 0 bridgehead atoms. The van der Waals surface area contributed by atoms with Gasteiger partial charge in [0.2, 0.25) is 0 Å². The van der Waals surface area contributed by atoms with Crippen LogP contribution >= 0.6 is 0 Å². The summed E-state index contributed by atoms with van der Waals surface area (Å²) < 4.78 is 0. The molecule has 1 aromatic rings. The van der Waals surface area contributed by atoms with Gasteiger partial charge in [-0.1, -0.05) is 37.3 Å². The summed E-state index contributed by atoms with van der Waals surface area (Å²) in [5.74, 6) is -2.14. The predicted octanol–water partition coefficient (Wildman–Crippen LogP) is 0.854. The number of carboxylic acid groups (broad SMARTS) is 1. The zero-order chi connectivity index (χ0) is 14.5. The van der Waals surface area contributed by atoms with Crippen LogP contribution in [0.5, 0.6) is 0 Å². The molecule has 2 unspecified atom stereocenters. The molecule has 1 saturated heterocycles. The molecule has 0 N–H and O–H groups in total. The van der Waals surface area contributed by atoms with Crippen molar-refractivity contribution in [1.29, 1.82) is 0 Å². The highest BCUT2D eigenvalue weighted by molar-refractivity contribution is 5.86. The topological polar surface area (TPSA) is 60.4 Å². The van der Waals surface area contributed by atoms with Crippen LogP contribution in [0.1, 0.15) is 25.3 Å². The van der Waals surface area contributed by atoms with Gasteiger partial charge in [-0.05, 0) is 12.0 Å². The first-order valence-corrected chi connectivity index (χ1v) is 7.11. The van der Waals surface area contributed by atoms with Gasteiger partial charge in [0.15, 0.2) is 0 Å². The van der Waals surface area contributed by atoms with Crippen LogP contribution in [0, 0.1) is 11.8 Å². The van der Waals surface area contributed by atoms with Crippen LogP contribution in [0.4, 0.5) is 0 Å². The highest BCUT2D eigenvalue weighted by Crippen LogP contribution is 2.24. The van der Waals surface area contributed by atoms with Gasteiger partial charge < -0.3 is 9.90 Å². The number of likely N-dealkylation sites (tertiary alicyclic amines) is 1. The molecule has 20 heavy (non-hydrogen) atoms. The fourth-order valence-electron chi connectivity index (χ4n) is 2.88. The van der Waals surface area contributed by atoms with Gasteiger partial charge in [-0.3, -0.25) is 9.69 Å². The summed E-state index contributed by atoms with van der Waals surface area (Å²) >= 11 is 0. The van der Waals surface area contributed by atoms with E-state index in [9.17, 15) is 14.7 Å². The summed E-state index contributed by atoms with van der Waals surface area (Å²) in [5, 5.41) is 11.2. The fraction of sp³-hybridized carbons (Fsp3) is 0.500. The summed E-state index contributed by atoms with van der Waals surface area (Å²) in [6, 6.07) is 10.0. The largest absolute Gasteiger partial charge is 0.550 e. The van der Waals surface area contributed by atoms with Gasteiger partial charge >= 0.3 is 0 Å². The summed E-state index contributed by atoms with van der Waals surface area (Å²) in [4.78, 5) is 25.3. The van der Waals surface area contributed by atoms with Crippen LogP contribution in [0.3, 0.4) is 0 Å². The second-order valence-corrected chi connectivity index (χ2v) is 5.38. The van der Waals surface area contributed by atoms with E-state index in [0.29, 0.717) is 25.9 Å². The number of carbonyl (C=O) groups excluding carboxylic acids is 2. The number of nitrogens with zero attached hydrogens (tertiary/aromatic N) is 1. The summed E-state index contributed by atoms with van der Waals surface area (Å²) in [6.07, 6.45) is 0.874. The van der Waals surface area contributed by atoms with Crippen LogP contribution in [0.15, 0.2) is 30.3 Å². The third kappa shape index (κ3) is 3.45. The van der Waals surface area contributed by atoms with Crippen LogP contribution < -0.4 is 5.11 Å². The number of hydrogen-bond donors (Lipinski definition) is 0. The van der Waals surface area contributed by atoms with E-state index in [4.69, 9.17) is 0 Å². The Morgan fingerprint density at radius 3 is 2.70 bits per heavy atom. The fourth-order valence-corrected chi connectivity index (χ4v) is 2.88. The van der Waals surface area contributed by atoms with E-state index in [1.807, 2.05) is 30.3 Å². The minimum Gasteiger partial charge on any atom is -0.550 e. The van der Waals surface area contributed by atoms with E-state index in [2.05, 4.69) is 4.90 Å². The molecule has 2 atom stereocenters. The van der Waals surface area contributed by atoms with Crippen LogP contribution in [-0.2, 0) is 16.1 Å². The Kier molecular flexibility index (Phi) is 4.90. The molecule has 1 aliphatic rings. The maximum Gasteiger partial charge on any atom is 0.139 e. The molecule has 0 spiro atoms. The van der Waals surface area contributed by atoms with Crippen molar-refractivity contribution < 1.29 is 14.7 Å². The Hall–Kier alpha value is -1.68. The molecule has 1 heterocycles. The molecule has 4 nitrogen and oxygen atoms in total. The summed E-state index contributed by atoms with van der Waals surface area (Å²) in [5.41, 5.74) is 1.18. The van der Waals surface area contributed by atoms with Gasteiger partial charge in [-0.2, -0.15) is 0 Å². The number of hydrogen-bond acceptors (Lipinski definition) is 4. The van der Waals surface area contributed by atoms with E-state index in [-0.39, 0.29) is 5.78 Å². The Morgan fingerprint density at radius 2 is 2.10 bits per heavy atom. The number of aliphatic carboxylic acids is 1. The smallest absolute Gasteiger partial charge is 0.139 e. The van der Waals surface area contributed by atoms with Crippen molar-refractivity contribution >= 4 is 11.8 Å². The zero-order valence-electron chi connectivity index (χ0n) is 11.7. The van der Waals surface area contributed by atoms with Crippen molar-refractivity contribution in [3.8, 4) is 0 Å². The highest BCUT2D eigenvalue weighted by atomic mass is 16.4. The molecule has 108 valence electrons. The maximum atomic E-state index is 12.0. The standard InChI is InChI=1S/C16H21NO3/c1-2-13(16(19)20)14-11-17(9-8-15(14)18)10-12-6-4-3-5-7-12/h3-7,13-14H,2,8-11H2,1H3,(H,19,20)/p-1. The molecular weight excluding hydrogens is 254 g/mol. The highest BCUT2D eigenvalue weighted by Gasteiger charge is 2.33. The number of carbonyl (C=O) groups is 2. The normalized spacial score (nSPS) is 21.6. The van der Waals surface area contributed by atoms with E-state index in [1.165, 1.54) is 5.56 Å². The second kappa shape index (κ2) is 6.66. The van der Waals surface area contributed by atoms with Crippen molar-refractivity contribution in [3.05, 3.63) is 35.9 Å². The van der Waals surface area contributed by atoms with Gasteiger partial charge in [0.1, 0.15) is 5.78 Å². The molecule has 1 aliphatic heterocycles. The maximum absolute atomic E-state index is 12.0. The Bertz CT molecular complexity index is 472. The first-order chi connectivity index (χ1) is 9.61. The molecule has 0 aromatic heterocycles. The second-order valence-electron chi connectivity index (χ2n) is 5.38. The quantitative estimate of drug-likeness (QED) is 0.799. The van der Waals surface area contributed by atoms with Gasteiger partial charge in [0.05, 0.1) is 0 Å². The monoisotopic (exact) mass is 274 g/mol. The van der Waals surface area contributed by atoms with Gasteiger partial charge in [0, 0.05) is 43.9 Å². The van der Waals surface area contributed by atoms with Crippen LogP contribution in [0.25, 0.3) is 0 Å². The minimum atomic E-state index is -1.10. The average molecular weight is 274 g/mol. The molecular formula is C16H20NO3-. The van der Waals surface area contributed by atoms with Crippen molar-refractivity contribution in [1.82, 2.24) is 4.90 Å². The number of rotatable bonds is 5. The first kappa shape index (κ1) is 14.7. The molecule has 0 saturated carbocycles. The van der Waals surface area contributed by atoms with E-state index in [0.717, 1.165) is 6.54 Å². The van der Waals surface area contributed by atoms with E-state index >= 15 is 0 Å². The molecule has 4 heteroatoms. The molecule has 0 radical (unpaired) electrons. The molecule has 1 fully saturated rings.